The van der Waals surface area contributed by atoms with Crippen LogP contribution in [-0.2, 0) is 0 Å². The van der Waals surface area contributed by atoms with Crippen molar-refractivity contribution in [1.82, 2.24) is 0 Å². The summed E-state index contributed by atoms with van der Waals surface area (Å²) in [5.41, 5.74) is 0.00645. The number of rotatable bonds is 5. The number of hydrogen-bond donors (Lipinski definition) is 2. The normalized spacial score (nSPS) is 10.1. The Bertz CT molecular complexity index is 828. The van der Waals surface area contributed by atoms with Gasteiger partial charge in [-0.15, -0.1) is 0 Å². The topological polar surface area (TPSA) is 93.1 Å². The zero-order valence-corrected chi connectivity index (χ0v) is 14.7. The highest BCUT2D eigenvalue weighted by molar-refractivity contribution is 14.1. The van der Waals surface area contributed by atoms with Crippen molar-refractivity contribution in [2.45, 2.75) is 0 Å². The van der Waals surface area contributed by atoms with E-state index in [1.54, 1.807) is 18.2 Å². The van der Waals surface area contributed by atoms with Gasteiger partial charge in [0.1, 0.15) is 11.3 Å². The monoisotopic (exact) mass is 440 g/mol. The second kappa shape index (κ2) is 7.35. The highest BCUT2D eigenvalue weighted by atomic mass is 127. The molecule has 24 heavy (non-hydrogen) atoms. The Morgan fingerprint density at radius 2 is 2.00 bits per heavy atom. The third-order valence-corrected chi connectivity index (χ3v) is 3.96. The molecule has 2 N–H and O–H groups in total. The van der Waals surface area contributed by atoms with Crippen molar-refractivity contribution in [2.24, 2.45) is 0 Å². The number of carbonyl (C=O) groups excluding carboxylic acids is 1. The Hall–Kier alpha value is -2.55. The van der Waals surface area contributed by atoms with Gasteiger partial charge in [0.2, 0.25) is 0 Å². The molecule has 2 aromatic carbocycles. The number of ether oxygens (including phenoxy) is 2. The van der Waals surface area contributed by atoms with E-state index in [-0.39, 0.29) is 11.3 Å². The van der Waals surface area contributed by atoms with Gasteiger partial charge >= 0.3 is 11.9 Å². The van der Waals surface area contributed by atoms with Crippen molar-refractivity contribution < 1.29 is 29.3 Å². The molecule has 0 saturated carbocycles. The van der Waals surface area contributed by atoms with E-state index in [1.807, 2.05) is 22.6 Å². The van der Waals surface area contributed by atoms with E-state index in [1.165, 1.54) is 25.3 Å². The number of carbonyl (C=O) groups is 2. The number of aromatic hydroxyl groups is 1. The van der Waals surface area contributed by atoms with E-state index >= 15 is 0 Å². The van der Waals surface area contributed by atoms with Crippen LogP contribution in [0.25, 0.3) is 6.08 Å². The highest BCUT2D eigenvalue weighted by Crippen LogP contribution is 2.35. The third kappa shape index (κ3) is 3.51. The van der Waals surface area contributed by atoms with Crippen LogP contribution < -0.4 is 9.47 Å². The van der Waals surface area contributed by atoms with Gasteiger partial charge in [0.05, 0.1) is 16.2 Å². The summed E-state index contributed by atoms with van der Waals surface area (Å²) in [6.07, 6.45) is 1.62. The number of esters is 1. The molecule has 0 atom stereocenters. The van der Waals surface area contributed by atoms with Crippen molar-refractivity contribution >= 4 is 40.6 Å². The molecule has 0 unspecified atom stereocenters. The summed E-state index contributed by atoms with van der Waals surface area (Å²) in [6.45, 7) is 3.67. The number of methoxy groups -OCH3 is 1. The predicted molar refractivity (Wildman–Crippen MR) is 95.8 cm³/mol. The molecule has 0 aliphatic carbocycles. The predicted octanol–water partition coefficient (Wildman–Crippen LogP) is 3.57. The fourth-order valence-electron chi connectivity index (χ4n) is 2.04. The molecule has 2 aromatic rings. The van der Waals surface area contributed by atoms with Gasteiger partial charge in [-0.25, -0.2) is 9.59 Å². The summed E-state index contributed by atoms with van der Waals surface area (Å²) in [4.78, 5) is 23.7. The first-order valence-electron chi connectivity index (χ1n) is 6.66. The standard InChI is InChI=1S/C17H13IO6/c1-3-9-7-11(18)15(13(8-9)23-2)24-17(22)10-5-4-6-12(19)14(10)16(20)21/h3-8,19H,1H2,2H3,(H,20,21). The number of phenols is 1. The molecular weight excluding hydrogens is 427 g/mol. The van der Waals surface area contributed by atoms with Crippen molar-refractivity contribution in [2.75, 3.05) is 7.11 Å². The Morgan fingerprint density at radius 3 is 2.58 bits per heavy atom. The van der Waals surface area contributed by atoms with Crippen molar-refractivity contribution in [1.29, 1.82) is 0 Å². The Kier molecular flexibility index (Phi) is 5.45. The van der Waals surface area contributed by atoms with E-state index in [0.717, 1.165) is 5.56 Å². The minimum absolute atomic E-state index is 0.161. The lowest BCUT2D eigenvalue weighted by Gasteiger charge is -2.13. The largest absolute Gasteiger partial charge is 0.507 e. The zero-order chi connectivity index (χ0) is 17.9. The minimum Gasteiger partial charge on any atom is -0.507 e. The van der Waals surface area contributed by atoms with Crippen LogP contribution in [0, 0.1) is 3.57 Å². The molecule has 0 amide bonds. The first-order chi connectivity index (χ1) is 11.4. The number of hydrogen-bond acceptors (Lipinski definition) is 5. The molecule has 0 radical (unpaired) electrons. The zero-order valence-electron chi connectivity index (χ0n) is 12.6. The summed E-state index contributed by atoms with van der Waals surface area (Å²) in [5.74, 6) is -2.38. The van der Waals surface area contributed by atoms with Crippen LogP contribution in [0.2, 0.25) is 0 Å². The maximum atomic E-state index is 12.4. The van der Waals surface area contributed by atoms with Crippen LogP contribution in [0.15, 0.2) is 36.9 Å². The van der Waals surface area contributed by atoms with Gasteiger partial charge in [-0.3, -0.25) is 0 Å². The SMILES string of the molecule is C=Cc1cc(I)c(OC(=O)c2cccc(O)c2C(=O)O)c(OC)c1. The number of halogens is 1. The second-order valence-electron chi connectivity index (χ2n) is 4.63. The van der Waals surface area contributed by atoms with Crippen molar-refractivity contribution in [3.05, 3.63) is 57.2 Å². The molecule has 0 bridgehead atoms. The third-order valence-electron chi connectivity index (χ3n) is 3.16. The molecule has 0 saturated heterocycles. The van der Waals surface area contributed by atoms with Gasteiger partial charge in [-0.05, 0) is 52.4 Å². The van der Waals surface area contributed by atoms with E-state index in [4.69, 9.17) is 9.47 Å². The van der Waals surface area contributed by atoms with Crippen LogP contribution in [0.3, 0.4) is 0 Å². The fraction of sp³-hybridized carbons (Fsp3) is 0.0588. The van der Waals surface area contributed by atoms with E-state index in [9.17, 15) is 19.8 Å². The van der Waals surface area contributed by atoms with Crippen LogP contribution in [0.5, 0.6) is 17.2 Å². The Labute approximate surface area is 151 Å². The van der Waals surface area contributed by atoms with Gasteiger partial charge in [-0.2, -0.15) is 0 Å². The molecule has 0 aromatic heterocycles. The van der Waals surface area contributed by atoms with Gasteiger partial charge in [0, 0.05) is 0 Å². The molecule has 0 spiro atoms. The maximum Gasteiger partial charge on any atom is 0.344 e. The summed E-state index contributed by atoms with van der Waals surface area (Å²) in [7, 11) is 1.42. The van der Waals surface area contributed by atoms with Crippen LogP contribution in [-0.4, -0.2) is 29.3 Å². The molecule has 7 heteroatoms. The molecule has 124 valence electrons. The van der Waals surface area contributed by atoms with Crippen molar-refractivity contribution in [3.63, 3.8) is 0 Å². The van der Waals surface area contributed by atoms with Crippen LogP contribution in [0.1, 0.15) is 26.3 Å². The fourth-order valence-corrected chi connectivity index (χ4v) is 2.77. The molecule has 0 aliphatic rings. The van der Waals surface area contributed by atoms with Gasteiger partial charge in [0.25, 0.3) is 0 Å². The summed E-state index contributed by atoms with van der Waals surface area (Å²) >= 11 is 1.97. The maximum absolute atomic E-state index is 12.4. The molecular formula is C17H13IO6. The lowest BCUT2D eigenvalue weighted by atomic mass is 10.1. The lowest BCUT2D eigenvalue weighted by molar-refractivity contribution is 0.0662. The van der Waals surface area contributed by atoms with E-state index in [0.29, 0.717) is 9.32 Å². The summed E-state index contributed by atoms with van der Waals surface area (Å²) < 4.78 is 11.1. The first kappa shape index (κ1) is 17.8. The Balaban J connectivity index is 2.47. The van der Waals surface area contributed by atoms with E-state index < -0.39 is 23.3 Å². The van der Waals surface area contributed by atoms with E-state index in [2.05, 4.69) is 6.58 Å². The molecule has 0 fully saturated rings. The second-order valence-corrected chi connectivity index (χ2v) is 5.79. The average Bonchev–Trinajstić information content (AvgIpc) is 2.55. The number of aromatic carboxylic acids is 1. The van der Waals surface area contributed by atoms with Crippen LogP contribution in [0.4, 0.5) is 0 Å². The van der Waals surface area contributed by atoms with Gasteiger partial charge in [0.15, 0.2) is 11.5 Å². The summed E-state index contributed by atoms with van der Waals surface area (Å²) in [5, 5.41) is 18.9. The number of carboxylic acids is 1. The van der Waals surface area contributed by atoms with Crippen molar-refractivity contribution in [3.8, 4) is 17.2 Å². The molecule has 6 nitrogen and oxygen atoms in total. The quantitative estimate of drug-likeness (QED) is 0.420. The number of carboxylic acid groups (broad SMARTS) is 1. The highest BCUT2D eigenvalue weighted by Gasteiger charge is 2.24. The number of benzene rings is 2. The summed E-state index contributed by atoms with van der Waals surface area (Å²) in [6, 6.07) is 7.19. The lowest BCUT2D eigenvalue weighted by Crippen LogP contribution is -2.15. The van der Waals surface area contributed by atoms with Gasteiger partial charge < -0.3 is 19.7 Å². The molecule has 0 heterocycles. The Morgan fingerprint density at radius 1 is 1.29 bits per heavy atom. The smallest absolute Gasteiger partial charge is 0.344 e. The first-order valence-corrected chi connectivity index (χ1v) is 7.74. The molecule has 0 aliphatic heterocycles. The van der Waals surface area contributed by atoms with Gasteiger partial charge in [-0.1, -0.05) is 18.7 Å². The van der Waals surface area contributed by atoms with Crippen LogP contribution >= 0.6 is 22.6 Å². The minimum atomic E-state index is -1.43. The average molecular weight is 440 g/mol. The molecule has 2 rings (SSSR count).